The van der Waals surface area contributed by atoms with E-state index in [9.17, 15) is 4.79 Å². The van der Waals surface area contributed by atoms with Crippen molar-refractivity contribution < 1.29 is 4.79 Å². The Morgan fingerprint density at radius 2 is 2.12 bits per heavy atom. The molecule has 2 N–H and O–H groups in total. The molecule has 1 saturated carbocycles. The van der Waals surface area contributed by atoms with Gasteiger partial charge in [0.15, 0.2) is 0 Å². The van der Waals surface area contributed by atoms with Gasteiger partial charge in [-0.2, -0.15) is 5.10 Å². The fourth-order valence-electron chi connectivity index (χ4n) is 3.63. The number of amides is 1. The summed E-state index contributed by atoms with van der Waals surface area (Å²) in [6, 6.07) is 8.15. The topological polar surface area (TPSA) is 71.8 Å². The largest absolute Gasteiger partial charge is 0.352 e. The summed E-state index contributed by atoms with van der Waals surface area (Å²) in [5.41, 5.74) is 2.55. The number of halogens is 2. The summed E-state index contributed by atoms with van der Waals surface area (Å²) in [5, 5.41) is 10.6. The van der Waals surface area contributed by atoms with E-state index in [-0.39, 0.29) is 42.1 Å². The zero-order valence-corrected chi connectivity index (χ0v) is 15.5. The van der Waals surface area contributed by atoms with Gasteiger partial charge in [0.2, 0.25) is 5.91 Å². The molecule has 2 fully saturated rings. The van der Waals surface area contributed by atoms with Crippen LogP contribution in [0.3, 0.4) is 0 Å². The summed E-state index contributed by atoms with van der Waals surface area (Å²) in [5.74, 6) is 0.393. The molecule has 1 saturated heterocycles. The summed E-state index contributed by atoms with van der Waals surface area (Å²) in [6.45, 7) is 3.28. The highest BCUT2D eigenvalue weighted by Gasteiger charge is 2.58. The first kappa shape index (κ1) is 19.7. The molecule has 2 unspecified atom stereocenters. The summed E-state index contributed by atoms with van der Waals surface area (Å²) in [4.78, 5) is 16.4. The van der Waals surface area contributed by atoms with Crippen LogP contribution in [0.2, 0.25) is 0 Å². The van der Waals surface area contributed by atoms with E-state index in [4.69, 9.17) is 0 Å². The lowest BCUT2D eigenvalue weighted by Crippen LogP contribution is -2.28. The predicted octanol–water partition coefficient (Wildman–Crippen LogP) is 1.79. The van der Waals surface area contributed by atoms with Crippen LogP contribution in [0.5, 0.6) is 0 Å². The molecule has 2 atom stereocenters. The molecule has 1 amide bonds. The Kier molecular flexibility index (Phi) is 6.43. The monoisotopic (exact) mass is 383 g/mol. The number of carbonyl (C=O) groups excluding carboxylic acids is 1. The summed E-state index contributed by atoms with van der Waals surface area (Å²) >= 11 is 0. The molecule has 2 aromatic rings. The minimum Gasteiger partial charge on any atom is -0.352 e. The van der Waals surface area contributed by atoms with Crippen molar-refractivity contribution in [3.05, 3.63) is 48.0 Å². The zero-order valence-electron chi connectivity index (χ0n) is 13.9. The molecule has 0 radical (unpaired) electrons. The highest BCUT2D eigenvalue weighted by molar-refractivity contribution is 5.85. The Bertz CT molecular complexity index is 701. The molecular formula is C17H23Cl2N5O. The number of hydrogen-bond acceptors (Lipinski definition) is 4. The molecule has 2 aliphatic rings. The van der Waals surface area contributed by atoms with Crippen molar-refractivity contribution in [3.8, 4) is 0 Å². The fraction of sp³-hybridized carbons (Fsp3) is 0.471. The minimum atomic E-state index is 0. The van der Waals surface area contributed by atoms with Gasteiger partial charge in [-0.05, 0) is 35.9 Å². The third-order valence-corrected chi connectivity index (χ3v) is 5.15. The molecule has 4 rings (SSSR count). The maximum atomic E-state index is 12.4. The van der Waals surface area contributed by atoms with Crippen LogP contribution in [0.15, 0.2) is 36.9 Å². The first-order valence-electron chi connectivity index (χ1n) is 8.14. The van der Waals surface area contributed by atoms with Crippen molar-refractivity contribution in [2.24, 2.45) is 11.3 Å². The third kappa shape index (κ3) is 4.14. The Labute approximate surface area is 159 Å². The molecule has 1 aliphatic heterocycles. The van der Waals surface area contributed by atoms with Gasteiger partial charge in [0.05, 0.1) is 6.54 Å². The maximum absolute atomic E-state index is 12.4. The van der Waals surface area contributed by atoms with Crippen LogP contribution in [0, 0.1) is 11.3 Å². The van der Waals surface area contributed by atoms with E-state index in [1.807, 2.05) is 12.1 Å². The normalized spacial score (nSPS) is 23.6. The van der Waals surface area contributed by atoms with Crippen molar-refractivity contribution in [1.82, 2.24) is 25.4 Å². The Morgan fingerprint density at radius 1 is 1.32 bits per heavy atom. The van der Waals surface area contributed by atoms with E-state index in [2.05, 4.69) is 32.8 Å². The van der Waals surface area contributed by atoms with Gasteiger partial charge in [-0.1, -0.05) is 24.3 Å². The minimum absolute atomic E-state index is 0. The molecule has 1 spiro atoms. The first-order valence-corrected chi connectivity index (χ1v) is 8.14. The second-order valence-electron chi connectivity index (χ2n) is 6.63. The van der Waals surface area contributed by atoms with Gasteiger partial charge in [0, 0.05) is 19.0 Å². The second-order valence-corrected chi connectivity index (χ2v) is 6.63. The highest BCUT2D eigenvalue weighted by atomic mass is 35.5. The van der Waals surface area contributed by atoms with Crippen LogP contribution in [0.1, 0.15) is 24.0 Å². The SMILES string of the molecule is Cl.Cl.O=C(NCc1ccccc1Cn1cncn1)C1CC12CCNC2. The Morgan fingerprint density at radius 3 is 2.80 bits per heavy atom. The predicted molar refractivity (Wildman–Crippen MR) is 99.9 cm³/mol. The van der Waals surface area contributed by atoms with Crippen LogP contribution in [-0.4, -0.2) is 33.8 Å². The van der Waals surface area contributed by atoms with Crippen LogP contribution in [0.25, 0.3) is 0 Å². The standard InChI is InChI=1S/C17H21N5O.2ClH/c23-16(15-7-17(15)5-6-18-10-17)20-8-13-3-1-2-4-14(13)9-22-12-19-11-21-22;;/h1-4,11-12,15,18H,5-10H2,(H,20,23);2*1H. The quantitative estimate of drug-likeness (QED) is 0.825. The molecule has 8 heteroatoms. The molecule has 1 aromatic heterocycles. The van der Waals surface area contributed by atoms with E-state index in [0.717, 1.165) is 37.1 Å². The smallest absolute Gasteiger partial charge is 0.224 e. The lowest BCUT2D eigenvalue weighted by molar-refractivity contribution is -0.123. The first-order chi connectivity index (χ1) is 11.3. The van der Waals surface area contributed by atoms with E-state index in [1.165, 1.54) is 6.33 Å². The molecular weight excluding hydrogens is 361 g/mol. The summed E-state index contributed by atoms with van der Waals surface area (Å²) in [6.07, 6.45) is 5.41. The fourth-order valence-corrected chi connectivity index (χ4v) is 3.63. The van der Waals surface area contributed by atoms with Gasteiger partial charge in [-0.3, -0.25) is 4.79 Å². The van der Waals surface area contributed by atoms with Crippen molar-refractivity contribution in [1.29, 1.82) is 0 Å². The maximum Gasteiger partial charge on any atom is 0.224 e. The number of carbonyl (C=O) groups is 1. The highest BCUT2D eigenvalue weighted by Crippen LogP contribution is 2.56. The van der Waals surface area contributed by atoms with Gasteiger partial charge in [-0.15, -0.1) is 24.8 Å². The van der Waals surface area contributed by atoms with Gasteiger partial charge < -0.3 is 10.6 Å². The van der Waals surface area contributed by atoms with Crippen molar-refractivity contribution in [2.75, 3.05) is 13.1 Å². The zero-order chi connectivity index (χ0) is 15.7. The van der Waals surface area contributed by atoms with Crippen molar-refractivity contribution >= 4 is 30.7 Å². The molecule has 1 aliphatic carbocycles. The molecule has 2 heterocycles. The second kappa shape index (κ2) is 8.17. The Balaban J connectivity index is 0.00000113. The van der Waals surface area contributed by atoms with Gasteiger partial charge in [-0.25, -0.2) is 9.67 Å². The number of nitrogens with one attached hydrogen (secondary N) is 2. The van der Waals surface area contributed by atoms with Crippen molar-refractivity contribution in [2.45, 2.75) is 25.9 Å². The van der Waals surface area contributed by atoms with E-state index in [0.29, 0.717) is 13.1 Å². The number of aromatic nitrogens is 3. The van der Waals surface area contributed by atoms with Crippen molar-refractivity contribution in [3.63, 3.8) is 0 Å². The van der Waals surface area contributed by atoms with E-state index in [1.54, 1.807) is 11.0 Å². The van der Waals surface area contributed by atoms with E-state index >= 15 is 0 Å². The van der Waals surface area contributed by atoms with E-state index < -0.39 is 0 Å². The number of rotatable bonds is 5. The van der Waals surface area contributed by atoms with Crippen LogP contribution >= 0.6 is 24.8 Å². The van der Waals surface area contributed by atoms with Crippen LogP contribution < -0.4 is 10.6 Å². The van der Waals surface area contributed by atoms with Gasteiger partial charge in [0.25, 0.3) is 0 Å². The molecule has 0 bridgehead atoms. The molecule has 136 valence electrons. The molecule has 25 heavy (non-hydrogen) atoms. The molecule has 1 aromatic carbocycles. The average Bonchev–Trinajstić information content (AvgIpc) is 2.93. The van der Waals surface area contributed by atoms with Gasteiger partial charge >= 0.3 is 0 Å². The van der Waals surface area contributed by atoms with Crippen LogP contribution in [0.4, 0.5) is 0 Å². The number of nitrogens with zero attached hydrogens (tertiary/aromatic N) is 3. The lowest BCUT2D eigenvalue weighted by atomic mass is 10.0. The lowest BCUT2D eigenvalue weighted by Gasteiger charge is -2.12. The third-order valence-electron chi connectivity index (χ3n) is 5.15. The molecule has 6 nitrogen and oxygen atoms in total. The number of hydrogen-bond donors (Lipinski definition) is 2. The van der Waals surface area contributed by atoms with Gasteiger partial charge in [0.1, 0.15) is 12.7 Å². The summed E-state index contributed by atoms with van der Waals surface area (Å²) < 4.78 is 1.79. The average molecular weight is 384 g/mol. The van der Waals surface area contributed by atoms with Crippen LogP contribution in [-0.2, 0) is 17.9 Å². The Hall–Kier alpha value is -1.63. The summed E-state index contributed by atoms with van der Waals surface area (Å²) in [7, 11) is 0. The number of benzene rings is 1.